The lowest BCUT2D eigenvalue weighted by Gasteiger charge is -2.11. The highest BCUT2D eigenvalue weighted by Crippen LogP contribution is 2.35. The number of anilines is 1. The lowest BCUT2D eigenvalue weighted by molar-refractivity contribution is -0.116. The Kier molecular flexibility index (Phi) is 6.07. The fourth-order valence-electron chi connectivity index (χ4n) is 3.38. The third-order valence-corrected chi connectivity index (χ3v) is 6.90. The van der Waals surface area contributed by atoms with Gasteiger partial charge in [0.2, 0.25) is 5.91 Å². The number of carboxylic acid groups (broad SMARTS) is 1. The van der Waals surface area contributed by atoms with Gasteiger partial charge in [0.15, 0.2) is 0 Å². The van der Waals surface area contributed by atoms with Crippen LogP contribution in [0.5, 0.6) is 0 Å². The van der Waals surface area contributed by atoms with Gasteiger partial charge in [-0.2, -0.15) is 0 Å². The summed E-state index contributed by atoms with van der Waals surface area (Å²) in [5.41, 5.74) is 5.78. The van der Waals surface area contributed by atoms with Crippen LogP contribution in [0.2, 0.25) is 0 Å². The summed E-state index contributed by atoms with van der Waals surface area (Å²) in [4.78, 5) is 54.8. The van der Waals surface area contributed by atoms with Gasteiger partial charge in [-0.3, -0.25) is 19.0 Å². The molecule has 0 saturated carbocycles. The third kappa shape index (κ3) is 4.28. The topological polar surface area (TPSA) is 144 Å². The van der Waals surface area contributed by atoms with Gasteiger partial charge in [0.05, 0.1) is 16.5 Å². The third-order valence-electron chi connectivity index (χ3n) is 4.93. The number of rotatable bonds is 7. The molecule has 0 unspecified atom stereocenters. The van der Waals surface area contributed by atoms with Crippen LogP contribution in [0, 0.1) is 0 Å². The molecule has 4 N–H and O–H groups in total. The molecule has 0 saturated heterocycles. The predicted molar refractivity (Wildman–Crippen MR) is 127 cm³/mol. The molecule has 0 aliphatic rings. The Morgan fingerprint density at radius 2 is 1.91 bits per heavy atom. The number of hydrogen-bond acceptors (Lipinski definition) is 7. The quantitative estimate of drug-likeness (QED) is 0.369. The largest absolute Gasteiger partial charge is 0.478 e. The monoisotopic (exact) mass is 482 g/mol. The second kappa shape index (κ2) is 8.96. The van der Waals surface area contributed by atoms with Crippen molar-refractivity contribution >= 4 is 55.7 Å². The highest BCUT2D eigenvalue weighted by Gasteiger charge is 2.22. The lowest BCUT2D eigenvalue weighted by atomic mass is 10.1. The molecule has 1 aromatic carbocycles. The molecule has 0 radical (unpaired) electrons. The maximum atomic E-state index is 13.1. The van der Waals surface area contributed by atoms with E-state index in [1.54, 1.807) is 13.0 Å². The first kappa shape index (κ1) is 22.4. The molecule has 168 valence electrons. The second-order valence-electron chi connectivity index (χ2n) is 7.04. The van der Waals surface area contributed by atoms with Crippen LogP contribution in [-0.4, -0.2) is 32.4 Å². The van der Waals surface area contributed by atoms with Gasteiger partial charge in [-0.15, -0.1) is 22.7 Å². The van der Waals surface area contributed by atoms with E-state index >= 15 is 0 Å². The Bertz CT molecular complexity index is 1450. The number of aromatic carboxylic acids is 1. The summed E-state index contributed by atoms with van der Waals surface area (Å²) in [7, 11) is 0. The standard InChI is InChI=1S/C22H18N4O5S2/c1-2-15-24-20-17(13(10-32-20)22(30)31)21(29)26(15)9-16(27)25-19-12(18(23)28)8-14(33-19)11-6-4-3-5-7-11/h3-8,10H,2,9H2,1H3,(H2,23,28)(H,25,27)(H,30,31). The number of nitrogens with two attached hydrogens (primary N) is 1. The number of fused-ring (bicyclic) bond motifs is 1. The van der Waals surface area contributed by atoms with Crippen LogP contribution in [0.3, 0.4) is 0 Å². The maximum absolute atomic E-state index is 13.1. The molecule has 3 heterocycles. The molecule has 4 aromatic rings. The van der Waals surface area contributed by atoms with E-state index in [1.165, 1.54) is 16.7 Å². The summed E-state index contributed by atoms with van der Waals surface area (Å²) in [5, 5.41) is 13.6. The Morgan fingerprint density at radius 3 is 2.55 bits per heavy atom. The van der Waals surface area contributed by atoms with Gasteiger partial charge in [0.25, 0.3) is 11.5 Å². The van der Waals surface area contributed by atoms with E-state index in [9.17, 15) is 24.3 Å². The minimum atomic E-state index is -1.24. The minimum Gasteiger partial charge on any atom is -0.478 e. The number of carbonyl (C=O) groups excluding carboxylic acids is 2. The zero-order chi connectivity index (χ0) is 23.7. The van der Waals surface area contributed by atoms with Crippen molar-refractivity contribution in [3.63, 3.8) is 0 Å². The van der Waals surface area contributed by atoms with Crippen LogP contribution in [0.1, 0.15) is 33.5 Å². The molecule has 0 spiro atoms. The molecule has 0 aliphatic carbocycles. The van der Waals surface area contributed by atoms with Gasteiger partial charge in [-0.1, -0.05) is 37.3 Å². The van der Waals surface area contributed by atoms with Crippen molar-refractivity contribution in [3.05, 3.63) is 69.1 Å². The van der Waals surface area contributed by atoms with Crippen molar-refractivity contribution < 1.29 is 19.5 Å². The normalized spacial score (nSPS) is 10.9. The minimum absolute atomic E-state index is 0.0298. The molecule has 11 heteroatoms. The zero-order valence-corrected chi connectivity index (χ0v) is 19.0. The number of amides is 2. The molecule has 9 nitrogen and oxygen atoms in total. The van der Waals surface area contributed by atoms with E-state index in [-0.39, 0.29) is 21.5 Å². The summed E-state index contributed by atoms with van der Waals surface area (Å²) in [6.07, 6.45) is 0.364. The number of primary amides is 1. The van der Waals surface area contributed by atoms with Crippen molar-refractivity contribution in [1.29, 1.82) is 0 Å². The van der Waals surface area contributed by atoms with Crippen molar-refractivity contribution in [2.45, 2.75) is 19.9 Å². The Morgan fingerprint density at radius 1 is 1.18 bits per heavy atom. The van der Waals surface area contributed by atoms with Crippen molar-refractivity contribution in [2.75, 3.05) is 5.32 Å². The van der Waals surface area contributed by atoms with E-state index in [0.717, 1.165) is 26.3 Å². The fourth-order valence-corrected chi connectivity index (χ4v) is 5.38. The summed E-state index contributed by atoms with van der Waals surface area (Å²) in [6, 6.07) is 10.9. The molecule has 0 atom stereocenters. The summed E-state index contributed by atoms with van der Waals surface area (Å²) in [5.74, 6) is -2.14. The Balaban J connectivity index is 1.68. The molecular formula is C22H18N4O5S2. The number of hydrogen-bond donors (Lipinski definition) is 3. The Hall–Kier alpha value is -3.83. The van der Waals surface area contributed by atoms with E-state index in [1.807, 2.05) is 30.3 Å². The lowest BCUT2D eigenvalue weighted by Crippen LogP contribution is -2.31. The van der Waals surface area contributed by atoms with Gasteiger partial charge in [-0.05, 0) is 11.6 Å². The van der Waals surface area contributed by atoms with Gasteiger partial charge >= 0.3 is 5.97 Å². The number of thiophene rings is 2. The van der Waals surface area contributed by atoms with Gasteiger partial charge in [-0.25, -0.2) is 9.78 Å². The van der Waals surface area contributed by atoms with Crippen LogP contribution in [0.25, 0.3) is 20.7 Å². The van der Waals surface area contributed by atoms with Gasteiger partial charge in [0.1, 0.15) is 22.2 Å². The van der Waals surface area contributed by atoms with E-state index in [4.69, 9.17) is 5.73 Å². The number of benzene rings is 1. The average molecular weight is 483 g/mol. The highest BCUT2D eigenvalue weighted by atomic mass is 32.1. The van der Waals surface area contributed by atoms with Gasteiger partial charge in [0, 0.05) is 16.7 Å². The van der Waals surface area contributed by atoms with Crippen molar-refractivity contribution in [2.24, 2.45) is 5.73 Å². The fraction of sp³-hybridized carbons (Fsp3) is 0.136. The van der Waals surface area contributed by atoms with Crippen molar-refractivity contribution in [1.82, 2.24) is 9.55 Å². The number of nitrogens with zero attached hydrogens (tertiary/aromatic N) is 2. The van der Waals surface area contributed by atoms with Crippen LogP contribution < -0.4 is 16.6 Å². The predicted octanol–water partition coefficient (Wildman–Crippen LogP) is 3.18. The molecule has 4 rings (SSSR count). The molecule has 0 fully saturated rings. The van der Waals surface area contributed by atoms with E-state index in [0.29, 0.717) is 17.1 Å². The SMILES string of the molecule is CCc1nc2scc(C(=O)O)c2c(=O)n1CC(=O)Nc1sc(-c2ccccc2)cc1C(N)=O. The van der Waals surface area contributed by atoms with E-state index < -0.39 is 29.9 Å². The number of carboxylic acids is 1. The molecule has 33 heavy (non-hydrogen) atoms. The maximum Gasteiger partial charge on any atom is 0.337 e. The first-order valence-electron chi connectivity index (χ1n) is 9.83. The number of carbonyl (C=O) groups is 3. The van der Waals surface area contributed by atoms with Gasteiger partial charge < -0.3 is 16.2 Å². The number of nitrogens with one attached hydrogen (secondary N) is 1. The summed E-state index contributed by atoms with van der Waals surface area (Å²) >= 11 is 2.26. The van der Waals surface area contributed by atoms with Crippen LogP contribution in [-0.2, 0) is 17.8 Å². The van der Waals surface area contributed by atoms with Crippen LogP contribution in [0.4, 0.5) is 5.00 Å². The van der Waals surface area contributed by atoms with E-state index in [2.05, 4.69) is 10.3 Å². The Labute approximate surface area is 195 Å². The number of aryl methyl sites for hydroxylation is 1. The van der Waals surface area contributed by atoms with Crippen LogP contribution in [0.15, 0.2) is 46.6 Å². The first-order valence-corrected chi connectivity index (χ1v) is 11.5. The highest BCUT2D eigenvalue weighted by molar-refractivity contribution is 7.20. The van der Waals surface area contributed by atoms with Crippen molar-refractivity contribution in [3.8, 4) is 10.4 Å². The molecule has 3 aromatic heterocycles. The summed E-state index contributed by atoms with van der Waals surface area (Å²) in [6.45, 7) is 1.39. The molecule has 0 aliphatic heterocycles. The molecule has 0 bridgehead atoms. The smallest absolute Gasteiger partial charge is 0.337 e. The second-order valence-corrected chi connectivity index (χ2v) is 8.95. The zero-order valence-electron chi connectivity index (χ0n) is 17.3. The number of aromatic nitrogens is 2. The molecular weight excluding hydrogens is 464 g/mol. The molecule has 2 amide bonds. The summed E-state index contributed by atoms with van der Waals surface area (Å²) < 4.78 is 1.16. The van der Waals surface area contributed by atoms with Crippen LogP contribution >= 0.6 is 22.7 Å². The first-order chi connectivity index (χ1) is 15.8. The average Bonchev–Trinajstić information content (AvgIpc) is 3.41.